The number of aromatic nitrogens is 3. The minimum absolute atomic E-state index is 0.0831. The fourth-order valence-electron chi connectivity index (χ4n) is 4.14. The lowest BCUT2D eigenvalue weighted by molar-refractivity contribution is -0.170. The Hall–Kier alpha value is -4.12. The molecule has 0 spiro atoms. The van der Waals surface area contributed by atoms with E-state index in [0.717, 1.165) is 21.5 Å². The average molecular weight is 527 g/mol. The molecule has 38 heavy (non-hydrogen) atoms. The van der Waals surface area contributed by atoms with Gasteiger partial charge in [0.25, 0.3) is 0 Å². The van der Waals surface area contributed by atoms with Crippen LogP contribution in [0, 0.1) is 0 Å². The first-order valence-corrected chi connectivity index (χ1v) is 12.2. The highest BCUT2D eigenvalue weighted by Crippen LogP contribution is 2.34. The van der Waals surface area contributed by atoms with E-state index in [-0.39, 0.29) is 18.0 Å². The number of para-hydroxylation sites is 1. The van der Waals surface area contributed by atoms with E-state index in [9.17, 15) is 18.0 Å². The summed E-state index contributed by atoms with van der Waals surface area (Å²) in [6, 6.07) is 14.2. The Morgan fingerprint density at radius 3 is 2.50 bits per heavy atom. The number of carbonyl (C=O) groups excluding carboxylic acids is 1. The summed E-state index contributed by atoms with van der Waals surface area (Å²) in [5, 5.41) is 4.16. The van der Waals surface area contributed by atoms with Gasteiger partial charge in [-0.05, 0) is 37.4 Å². The first-order valence-electron chi connectivity index (χ1n) is 12.2. The van der Waals surface area contributed by atoms with Crippen LogP contribution in [0.5, 0.6) is 5.75 Å². The molecular weight excluding hydrogens is 497 g/mol. The molecule has 0 saturated carbocycles. The van der Waals surface area contributed by atoms with E-state index in [4.69, 9.17) is 4.74 Å². The molecule has 2 aromatic carbocycles. The number of H-pyrrole nitrogens is 1. The predicted octanol–water partition coefficient (Wildman–Crippen LogP) is 5.61. The topological polar surface area (TPSA) is 86.4 Å². The SMILES string of the molecule is CCN(CC)CCN(C(=O)C(F)(F)F)c1ccc(Nc2cncc(-c3cc4ccccc4[nH]3)n2)c(OC)c1. The van der Waals surface area contributed by atoms with Gasteiger partial charge in [-0.15, -0.1) is 0 Å². The molecule has 0 aliphatic heterocycles. The zero-order chi connectivity index (χ0) is 27.3. The van der Waals surface area contributed by atoms with E-state index < -0.39 is 12.1 Å². The molecule has 0 saturated heterocycles. The van der Waals surface area contributed by atoms with Gasteiger partial charge in [-0.25, -0.2) is 4.98 Å². The summed E-state index contributed by atoms with van der Waals surface area (Å²) in [4.78, 5) is 27.1. The van der Waals surface area contributed by atoms with Crippen molar-refractivity contribution in [3.63, 3.8) is 0 Å². The second kappa shape index (κ2) is 11.5. The third-order valence-electron chi connectivity index (χ3n) is 6.22. The molecular formula is C27H29F3N6O2. The van der Waals surface area contributed by atoms with Crippen LogP contribution in [0.4, 0.5) is 30.4 Å². The van der Waals surface area contributed by atoms with Crippen LogP contribution in [0.1, 0.15) is 13.8 Å². The van der Waals surface area contributed by atoms with Gasteiger partial charge in [-0.2, -0.15) is 13.2 Å². The second-order valence-corrected chi connectivity index (χ2v) is 8.55. The lowest BCUT2D eigenvalue weighted by atomic mass is 10.2. The highest BCUT2D eigenvalue weighted by atomic mass is 19.4. The predicted molar refractivity (Wildman–Crippen MR) is 142 cm³/mol. The maximum Gasteiger partial charge on any atom is 0.471 e. The Bertz CT molecular complexity index is 1370. The molecule has 4 rings (SSSR count). The Labute approximate surface area is 218 Å². The summed E-state index contributed by atoms with van der Waals surface area (Å²) in [6.07, 6.45) is -1.85. The van der Waals surface area contributed by atoms with Gasteiger partial charge in [0.05, 0.1) is 30.9 Å². The molecule has 0 bridgehead atoms. The molecule has 0 radical (unpaired) electrons. The number of amides is 1. The number of benzene rings is 2. The van der Waals surface area contributed by atoms with Gasteiger partial charge in [0, 0.05) is 35.7 Å². The quantitative estimate of drug-likeness (QED) is 0.279. The summed E-state index contributed by atoms with van der Waals surface area (Å²) in [5.74, 6) is -1.26. The van der Waals surface area contributed by atoms with Crippen molar-refractivity contribution >= 4 is 34.0 Å². The van der Waals surface area contributed by atoms with Crippen molar-refractivity contribution in [3.05, 3.63) is 60.9 Å². The number of halogens is 3. The molecule has 11 heteroatoms. The second-order valence-electron chi connectivity index (χ2n) is 8.55. The van der Waals surface area contributed by atoms with Gasteiger partial charge in [0.1, 0.15) is 17.3 Å². The van der Waals surface area contributed by atoms with Gasteiger partial charge in [-0.3, -0.25) is 9.78 Å². The monoisotopic (exact) mass is 526 g/mol. The zero-order valence-corrected chi connectivity index (χ0v) is 21.3. The normalized spacial score (nSPS) is 11.7. The first kappa shape index (κ1) is 26.9. The van der Waals surface area contributed by atoms with Crippen molar-refractivity contribution in [3.8, 4) is 17.1 Å². The van der Waals surface area contributed by atoms with E-state index in [1.165, 1.54) is 25.4 Å². The summed E-state index contributed by atoms with van der Waals surface area (Å²) in [7, 11) is 1.41. The highest BCUT2D eigenvalue weighted by molar-refractivity contribution is 5.98. The van der Waals surface area contributed by atoms with Gasteiger partial charge >= 0.3 is 12.1 Å². The summed E-state index contributed by atoms with van der Waals surface area (Å²) in [6.45, 7) is 5.34. The highest BCUT2D eigenvalue weighted by Gasteiger charge is 2.43. The first-order chi connectivity index (χ1) is 18.2. The minimum Gasteiger partial charge on any atom is -0.494 e. The molecule has 200 valence electrons. The van der Waals surface area contributed by atoms with E-state index >= 15 is 0 Å². The Morgan fingerprint density at radius 1 is 1.05 bits per heavy atom. The molecule has 1 amide bonds. The number of ether oxygens (including phenoxy) is 1. The van der Waals surface area contributed by atoms with Crippen molar-refractivity contribution in [1.82, 2.24) is 19.9 Å². The standard InChI is InChI=1S/C27H29F3N6O2/c1-4-35(5-2)12-13-36(26(37)27(28,29)30)19-10-11-21(24(15-19)38-3)33-25-17-31-16-23(34-25)22-14-18-8-6-7-9-20(18)32-22/h6-11,14-17,32H,4-5,12-13H2,1-3H3,(H,33,34). The van der Waals surface area contributed by atoms with Crippen LogP contribution in [0.3, 0.4) is 0 Å². The van der Waals surface area contributed by atoms with E-state index in [0.29, 0.717) is 36.8 Å². The number of aromatic amines is 1. The molecule has 0 unspecified atom stereocenters. The molecule has 4 aromatic rings. The molecule has 2 N–H and O–H groups in total. The summed E-state index contributed by atoms with van der Waals surface area (Å²) >= 11 is 0. The maximum atomic E-state index is 13.4. The fourth-order valence-corrected chi connectivity index (χ4v) is 4.14. The zero-order valence-electron chi connectivity index (χ0n) is 21.3. The van der Waals surface area contributed by atoms with Gasteiger partial charge in [-0.1, -0.05) is 32.0 Å². The molecule has 2 aromatic heterocycles. The minimum atomic E-state index is -5.01. The number of nitrogens with zero attached hydrogens (tertiary/aromatic N) is 4. The van der Waals surface area contributed by atoms with Crippen molar-refractivity contribution < 1.29 is 22.7 Å². The van der Waals surface area contributed by atoms with Gasteiger partial charge < -0.3 is 24.8 Å². The number of hydrogen-bond donors (Lipinski definition) is 2. The largest absolute Gasteiger partial charge is 0.494 e. The molecule has 0 fully saturated rings. The maximum absolute atomic E-state index is 13.4. The van der Waals surface area contributed by atoms with E-state index in [2.05, 4.69) is 20.3 Å². The summed E-state index contributed by atoms with van der Waals surface area (Å²) in [5.41, 5.74) is 2.92. The molecule has 2 heterocycles. The number of fused-ring (bicyclic) bond motifs is 1. The van der Waals surface area contributed by atoms with Crippen LogP contribution < -0.4 is 15.0 Å². The smallest absolute Gasteiger partial charge is 0.471 e. The number of likely N-dealkylation sites (N-methyl/N-ethyl adjacent to an activating group) is 1. The van der Waals surface area contributed by atoms with Gasteiger partial charge in [0.2, 0.25) is 0 Å². The van der Waals surface area contributed by atoms with Crippen LogP contribution in [0.25, 0.3) is 22.3 Å². The lowest BCUT2D eigenvalue weighted by Gasteiger charge is -2.27. The van der Waals surface area contributed by atoms with Gasteiger partial charge in [0.15, 0.2) is 0 Å². The van der Waals surface area contributed by atoms with Crippen molar-refractivity contribution in [2.24, 2.45) is 0 Å². The van der Waals surface area contributed by atoms with Crippen LogP contribution >= 0.6 is 0 Å². The number of alkyl halides is 3. The third-order valence-corrected chi connectivity index (χ3v) is 6.22. The van der Waals surface area contributed by atoms with Crippen LogP contribution in [0.2, 0.25) is 0 Å². The van der Waals surface area contributed by atoms with Crippen LogP contribution in [-0.4, -0.2) is 65.2 Å². The number of anilines is 3. The number of rotatable bonds is 10. The third kappa shape index (κ3) is 6.05. The van der Waals surface area contributed by atoms with Crippen molar-refractivity contribution in [2.45, 2.75) is 20.0 Å². The molecule has 0 aliphatic rings. The summed E-state index contributed by atoms with van der Waals surface area (Å²) < 4.78 is 45.7. The van der Waals surface area contributed by atoms with E-state index in [1.807, 2.05) is 49.1 Å². The van der Waals surface area contributed by atoms with Crippen LogP contribution in [0.15, 0.2) is 60.9 Å². The Morgan fingerprint density at radius 2 is 1.82 bits per heavy atom. The van der Waals surface area contributed by atoms with E-state index in [1.54, 1.807) is 12.3 Å². The molecule has 0 atom stereocenters. The Kier molecular flexibility index (Phi) is 8.16. The Balaban J connectivity index is 1.60. The molecule has 8 nitrogen and oxygen atoms in total. The lowest BCUT2D eigenvalue weighted by Crippen LogP contribution is -2.45. The average Bonchev–Trinajstić information content (AvgIpc) is 3.35. The number of hydrogen-bond acceptors (Lipinski definition) is 6. The number of nitrogens with one attached hydrogen (secondary N) is 2. The van der Waals surface area contributed by atoms with Crippen molar-refractivity contribution in [1.29, 1.82) is 0 Å². The number of methoxy groups -OCH3 is 1. The van der Waals surface area contributed by atoms with Crippen LogP contribution in [-0.2, 0) is 4.79 Å². The fraction of sp³-hybridized carbons (Fsp3) is 0.296. The van der Waals surface area contributed by atoms with Crippen molar-refractivity contribution in [2.75, 3.05) is 43.5 Å². The number of carbonyl (C=O) groups is 1. The molecule has 0 aliphatic carbocycles.